The summed E-state index contributed by atoms with van der Waals surface area (Å²) in [5.41, 5.74) is 0.477. The van der Waals surface area contributed by atoms with Gasteiger partial charge in [0.1, 0.15) is 12.4 Å². The van der Waals surface area contributed by atoms with Crippen LogP contribution in [0, 0.1) is 15.9 Å². The van der Waals surface area contributed by atoms with Crippen molar-refractivity contribution in [2.75, 3.05) is 12.4 Å². The molecule has 1 heterocycles. The Balaban J connectivity index is 1.76. The van der Waals surface area contributed by atoms with Gasteiger partial charge in [-0.3, -0.25) is 19.7 Å². The fourth-order valence-electron chi connectivity index (χ4n) is 2.86. The van der Waals surface area contributed by atoms with E-state index in [1.165, 1.54) is 46.7 Å². The molecule has 0 aliphatic rings. The number of rotatable bonds is 9. The number of nitrogens with zero attached hydrogens (tertiary/aromatic N) is 3. The molecule has 0 N–H and O–H groups in total. The van der Waals surface area contributed by atoms with Crippen LogP contribution in [0.2, 0.25) is 0 Å². The molecule has 0 fully saturated rings. The molecule has 11 heteroatoms. The summed E-state index contributed by atoms with van der Waals surface area (Å²) >= 11 is 2.62. The minimum Gasteiger partial charge on any atom is -0.465 e. The Morgan fingerprint density at radius 3 is 2.69 bits per heavy atom. The zero-order chi connectivity index (χ0) is 23.1. The molecule has 0 unspecified atom stereocenters. The maximum Gasteiger partial charge on any atom is 0.326 e. The van der Waals surface area contributed by atoms with E-state index in [9.17, 15) is 24.1 Å². The van der Waals surface area contributed by atoms with Crippen LogP contribution in [0.25, 0.3) is 10.2 Å². The van der Waals surface area contributed by atoms with E-state index in [-0.39, 0.29) is 41.8 Å². The lowest BCUT2D eigenvalue weighted by atomic mass is 10.3. The third-order valence-electron chi connectivity index (χ3n) is 4.31. The van der Waals surface area contributed by atoms with E-state index in [0.29, 0.717) is 22.4 Å². The van der Waals surface area contributed by atoms with Gasteiger partial charge in [-0.2, -0.15) is 4.99 Å². The van der Waals surface area contributed by atoms with Gasteiger partial charge >= 0.3 is 5.97 Å². The highest BCUT2D eigenvalue weighted by Gasteiger charge is 2.15. The standard InChI is InChI=1S/C21H20FN3O5S2/c1-2-30-20(27)13-24-17-10-7-15(25(28)29)12-18(17)32-21(24)23-19(26)4-3-11-31-16-8-5-14(22)6-9-16/h5-10,12H,2-4,11,13H2,1H3. The quantitative estimate of drug-likeness (QED) is 0.150. The van der Waals surface area contributed by atoms with Crippen molar-refractivity contribution in [3.63, 3.8) is 0 Å². The molecule has 0 saturated heterocycles. The number of non-ortho nitro benzene ring substituents is 1. The first-order chi connectivity index (χ1) is 15.4. The molecule has 0 spiro atoms. The molecule has 3 rings (SSSR count). The number of nitro groups is 1. The van der Waals surface area contributed by atoms with Crippen molar-refractivity contribution in [2.45, 2.75) is 31.2 Å². The Morgan fingerprint density at radius 2 is 2.00 bits per heavy atom. The Labute approximate surface area is 190 Å². The predicted octanol–water partition coefficient (Wildman–Crippen LogP) is 4.31. The minimum absolute atomic E-state index is 0.0854. The molecule has 0 atom stereocenters. The first-order valence-corrected chi connectivity index (χ1v) is 11.6. The van der Waals surface area contributed by atoms with Crippen LogP contribution >= 0.6 is 23.1 Å². The van der Waals surface area contributed by atoms with Gasteiger partial charge in [-0.1, -0.05) is 11.3 Å². The molecule has 168 valence electrons. The molecule has 8 nitrogen and oxygen atoms in total. The highest BCUT2D eigenvalue weighted by Crippen LogP contribution is 2.23. The number of thiazole rings is 1. The van der Waals surface area contributed by atoms with Gasteiger partial charge in [0.25, 0.3) is 5.69 Å². The molecule has 0 saturated carbocycles. The SMILES string of the molecule is CCOC(=O)Cn1c(=NC(=O)CCCSc2ccc(F)cc2)sc2cc([N+](=O)[O-])ccc21. The second-order valence-corrected chi connectivity index (χ2v) is 8.77. The maximum atomic E-state index is 13.0. The van der Waals surface area contributed by atoms with Crippen LogP contribution in [0.3, 0.4) is 0 Å². The van der Waals surface area contributed by atoms with E-state index in [2.05, 4.69) is 4.99 Å². The van der Waals surface area contributed by atoms with Gasteiger partial charge in [-0.15, -0.1) is 11.8 Å². The second-order valence-electron chi connectivity index (χ2n) is 6.60. The molecular formula is C21H20FN3O5S2. The van der Waals surface area contributed by atoms with Gasteiger partial charge in [0.05, 0.1) is 21.7 Å². The molecule has 0 bridgehead atoms. The molecule has 0 aliphatic heterocycles. The third-order valence-corrected chi connectivity index (χ3v) is 6.45. The van der Waals surface area contributed by atoms with Gasteiger partial charge in [0.15, 0.2) is 4.80 Å². The number of hydrogen-bond donors (Lipinski definition) is 0. The summed E-state index contributed by atoms with van der Waals surface area (Å²) in [6.07, 6.45) is 0.764. The fourth-order valence-corrected chi connectivity index (χ4v) is 4.79. The summed E-state index contributed by atoms with van der Waals surface area (Å²) in [5.74, 6) is -0.486. The molecule has 32 heavy (non-hydrogen) atoms. The zero-order valence-electron chi connectivity index (χ0n) is 17.2. The third kappa shape index (κ3) is 6.24. The molecule has 1 amide bonds. The van der Waals surface area contributed by atoms with Crippen LogP contribution in [-0.2, 0) is 20.9 Å². The van der Waals surface area contributed by atoms with Gasteiger partial charge in [0.2, 0.25) is 5.91 Å². The lowest BCUT2D eigenvalue weighted by molar-refractivity contribution is -0.384. The van der Waals surface area contributed by atoms with E-state index in [1.807, 2.05) is 0 Å². The number of amides is 1. The van der Waals surface area contributed by atoms with E-state index in [4.69, 9.17) is 4.74 Å². The Bertz CT molecular complexity index is 1200. The van der Waals surface area contributed by atoms with Gasteiger partial charge in [0, 0.05) is 23.4 Å². The van der Waals surface area contributed by atoms with E-state index in [0.717, 1.165) is 16.2 Å². The van der Waals surface area contributed by atoms with E-state index in [1.54, 1.807) is 19.1 Å². The molecule has 0 aliphatic carbocycles. The van der Waals surface area contributed by atoms with Crippen LogP contribution in [0.4, 0.5) is 10.1 Å². The summed E-state index contributed by atoms with van der Waals surface area (Å²) in [4.78, 5) is 40.4. The smallest absolute Gasteiger partial charge is 0.326 e. The fraction of sp³-hybridized carbons (Fsp3) is 0.286. The van der Waals surface area contributed by atoms with Crippen molar-refractivity contribution in [1.29, 1.82) is 0 Å². The Morgan fingerprint density at radius 1 is 1.25 bits per heavy atom. The van der Waals surface area contributed by atoms with Crippen molar-refractivity contribution in [3.05, 3.63) is 63.2 Å². The average Bonchev–Trinajstić information content (AvgIpc) is 3.08. The molecule has 2 aromatic carbocycles. The largest absolute Gasteiger partial charge is 0.465 e. The summed E-state index contributed by atoms with van der Waals surface area (Å²) in [6, 6.07) is 10.4. The normalized spacial score (nSPS) is 11.6. The lowest BCUT2D eigenvalue weighted by Gasteiger charge is -2.05. The predicted molar refractivity (Wildman–Crippen MR) is 120 cm³/mol. The van der Waals surface area contributed by atoms with Crippen LogP contribution in [0.1, 0.15) is 19.8 Å². The van der Waals surface area contributed by atoms with Crippen molar-refractivity contribution in [3.8, 4) is 0 Å². The first-order valence-electron chi connectivity index (χ1n) is 9.76. The first kappa shape index (κ1) is 23.6. The number of aromatic nitrogens is 1. The number of hydrogen-bond acceptors (Lipinski definition) is 7. The number of carbonyl (C=O) groups is 2. The van der Waals surface area contributed by atoms with Crippen molar-refractivity contribution >= 4 is 50.9 Å². The minimum atomic E-state index is -0.504. The monoisotopic (exact) mass is 477 g/mol. The number of esters is 1. The van der Waals surface area contributed by atoms with Crippen LogP contribution < -0.4 is 4.80 Å². The number of ether oxygens (including phenoxy) is 1. The number of benzene rings is 2. The van der Waals surface area contributed by atoms with Crippen molar-refractivity contribution in [1.82, 2.24) is 4.57 Å². The number of thioether (sulfide) groups is 1. The van der Waals surface area contributed by atoms with E-state index >= 15 is 0 Å². The second kappa shape index (κ2) is 11.0. The summed E-state index contributed by atoms with van der Waals surface area (Å²) in [6.45, 7) is 1.75. The number of halogens is 1. The number of fused-ring (bicyclic) bond motifs is 1. The van der Waals surface area contributed by atoms with E-state index < -0.39 is 10.9 Å². The lowest BCUT2D eigenvalue weighted by Crippen LogP contribution is -2.23. The molecule has 0 radical (unpaired) electrons. The van der Waals surface area contributed by atoms with Crippen molar-refractivity contribution < 1.29 is 23.6 Å². The molecule has 3 aromatic rings. The highest BCUT2D eigenvalue weighted by atomic mass is 32.2. The van der Waals surface area contributed by atoms with Crippen LogP contribution in [0.15, 0.2) is 52.4 Å². The molecular weight excluding hydrogens is 457 g/mol. The zero-order valence-corrected chi connectivity index (χ0v) is 18.8. The summed E-state index contributed by atoms with van der Waals surface area (Å²) in [5, 5.41) is 11.1. The van der Waals surface area contributed by atoms with Crippen molar-refractivity contribution in [2.24, 2.45) is 4.99 Å². The highest BCUT2D eigenvalue weighted by molar-refractivity contribution is 7.99. The average molecular weight is 478 g/mol. The number of carbonyl (C=O) groups excluding carboxylic acids is 2. The van der Waals surface area contributed by atoms with Crippen LogP contribution in [0.5, 0.6) is 0 Å². The topological polar surface area (TPSA) is 104 Å². The van der Waals surface area contributed by atoms with Gasteiger partial charge in [-0.05, 0) is 49.4 Å². The molecule has 1 aromatic heterocycles. The maximum absolute atomic E-state index is 13.0. The Hall–Kier alpha value is -3.05. The Kier molecular flexibility index (Phi) is 8.12. The summed E-state index contributed by atoms with van der Waals surface area (Å²) < 4.78 is 20.0. The number of nitro benzene ring substituents is 1. The van der Waals surface area contributed by atoms with Gasteiger partial charge in [-0.25, -0.2) is 4.39 Å². The van der Waals surface area contributed by atoms with Crippen LogP contribution in [-0.4, -0.2) is 33.7 Å². The summed E-state index contributed by atoms with van der Waals surface area (Å²) in [7, 11) is 0. The van der Waals surface area contributed by atoms with Gasteiger partial charge < -0.3 is 9.30 Å².